The lowest BCUT2D eigenvalue weighted by Gasteiger charge is -2.10. The van der Waals surface area contributed by atoms with Crippen molar-refractivity contribution >= 4 is 39.4 Å². The fraction of sp³-hybridized carbons (Fsp3) is 0.0690. The molecule has 0 aliphatic rings. The number of halogens is 6. The standard InChI is InChI=1S/C29H16F6N4O3/c30-28(31,32)17-9-15(1-5-19(17)36)26-38-21-11-13(3-7-23(21)41-26)25(40)14-4-8-24-22(12-14)39-27(42-24)16-2-6-20(37)18(10-16)29(33,34)35/h1-12H,36-37H2. The van der Waals surface area contributed by atoms with Gasteiger partial charge in [0.15, 0.2) is 16.9 Å². The van der Waals surface area contributed by atoms with E-state index in [0.717, 1.165) is 24.3 Å². The minimum atomic E-state index is -4.67. The molecule has 0 unspecified atom stereocenters. The number of nitrogens with zero attached hydrogens (tertiary/aromatic N) is 2. The predicted octanol–water partition coefficient (Wildman–Crippen LogP) is 7.74. The zero-order valence-electron chi connectivity index (χ0n) is 21.0. The summed E-state index contributed by atoms with van der Waals surface area (Å²) in [5.41, 5.74) is 9.45. The van der Waals surface area contributed by atoms with Crippen LogP contribution in [0.15, 0.2) is 81.6 Å². The Bertz CT molecular complexity index is 1880. The van der Waals surface area contributed by atoms with Gasteiger partial charge >= 0.3 is 12.4 Å². The zero-order valence-corrected chi connectivity index (χ0v) is 21.0. The van der Waals surface area contributed by atoms with Crippen molar-refractivity contribution in [2.24, 2.45) is 0 Å². The molecule has 212 valence electrons. The van der Waals surface area contributed by atoms with Crippen molar-refractivity contribution in [3.63, 3.8) is 0 Å². The van der Waals surface area contributed by atoms with Gasteiger partial charge in [-0.2, -0.15) is 26.3 Å². The molecule has 0 aliphatic heterocycles. The van der Waals surface area contributed by atoms with Gasteiger partial charge in [0.05, 0.1) is 11.1 Å². The number of rotatable bonds is 4. The molecule has 0 saturated heterocycles. The molecular formula is C29H16F6N4O3. The van der Waals surface area contributed by atoms with Crippen LogP contribution in [0.4, 0.5) is 37.7 Å². The first-order valence-electron chi connectivity index (χ1n) is 12.1. The van der Waals surface area contributed by atoms with Crippen LogP contribution < -0.4 is 11.5 Å². The van der Waals surface area contributed by atoms with Gasteiger partial charge in [-0.3, -0.25) is 4.79 Å². The first kappa shape index (κ1) is 26.9. The Balaban J connectivity index is 1.31. The van der Waals surface area contributed by atoms with Crippen molar-refractivity contribution in [2.75, 3.05) is 11.5 Å². The molecular weight excluding hydrogens is 566 g/mol. The molecule has 2 aromatic heterocycles. The molecule has 7 nitrogen and oxygen atoms in total. The molecule has 6 aromatic rings. The smallest absolute Gasteiger partial charge is 0.418 e. The zero-order chi connectivity index (χ0) is 30.0. The second-order valence-electron chi connectivity index (χ2n) is 9.33. The van der Waals surface area contributed by atoms with Gasteiger partial charge in [0.1, 0.15) is 11.0 Å². The molecule has 0 aliphatic carbocycles. The van der Waals surface area contributed by atoms with Crippen LogP contribution in [0.1, 0.15) is 27.0 Å². The Morgan fingerprint density at radius 1 is 0.595 bits per heavy atom. The number of alkyl halides is 6. The van der Waals surface area contributed by atoms with E-state index in [2.05, 4.69) is 9.97 Å². The summed E-state index contributed by atoms with van der Waals surface area (Å²) in [6.45, 7) is 0. The van der Waals surface area contributed by atoms with Crippen LogP contribution in [-0.4, -0.2) is 15.8 Å². The van der Waals surface area contributed by atoms with Gasteiger partial charge in [0, 0.05) is 33.6 Å². The second-order valence-corrected chi connectivity index (χ2v) is 9.33. The number of nitrogen functional groups attached to an aromatic ring is 2. The molecule has 0 amide bonds. The van der Waals surface area contributed by atoms with E-state index in [0.29, 0.717) is 0 Å². The average molecular weight is 582 g/mol. The summed E-state index contributed by atoms with van der Waals surface area (Å²) in [6, 6.07) is 15.3. The number of oxazole rings is 2. The second kappa shape index (κ2) is 9.36. The normalized spacial score (nSPS) is 12.3. The summed E-state index contributed by atoms with van der Waals surface area (Å²) < 4.78 is 90.9. The molecule has 42 heavy (non-hydrogen) atoms. The molecule has 2 heterocycles. The minimum absolute atomic E-state index is 0.0522. The molecule has 0 bridgehead atoms. The number of nitrogens with two attached hydrogens (primary N) is 2. The van der Waals surface area contributed by atoms with Crippen molar-refractivity contribution in [3.05, 3.63) is 95.1 Å². The summed E-state index contributed by atoms with van der Waals surface area (Å²) in [6.07, 6.45) is -9.34. The molecule has 0 saturated carbocycles. The minimum Gasteiger partial charge on any atom is -0.436 e. The number of hydrogen-bond donors (Lipinski definition) is 2. The Morgan fingerprint density at radius 3 is 1.38 bits per heavy atom. The van der Waals surface area contributed by atoms with Gasteiger partial charge in [-0.25, -0.2) is 9.97 Å². The predicted molar refractivity (Wildman–Crippen MR) is 141 cm³/mol. The Hall–Kier alpha value is -5.33. The lowest BCUT2D eigenvalue weighted by Crippen LogP contribution is -2.08. The molecule has 0 radical (unpaired) electrons. The highest BCUT2D eigenvalue weighted by molar-refractivity contribution is 6.11. The Kier molecular flexibility index (Phi) is 5.99. The van der Waals surface area contributed by atoms with Crippen molar-refractivity contribution in [2.45, 2.75) is 12.4 Å². The van der Waals surface area contributed by atoms with E-state index in [1.165, 1.54) is 48.5 Å². The third kappa shape index (κ3) is 4.78. The lowest BCUT2D eigenvalue weighted by molar-refractivity contribution is -0.137. The fourth-order valence-corrected chi connectivity index (χ4v) is 4.42. The fourth-order valence-electron chi connectivity index (χ4n) is 4.42. The highest BCUT2D eigenvalue weighted by atomic mass is 19.4. The van der Waals surface area contributed by atoms with Gasteiger partial charge in [0.2, 0.25) is 11.8 Å². The SMILES string of the molecule is Nc1ccc(-c2nc3cc(C(=O)c4ccc5oc(-c6ccc(N)c(C(F)(F)F)c6)nc5c4)ccc3o2)cc1C(F)(F)F. The molecule has 0 spiro atoms. The van der Waals surface area contributed by atoms with Crippen LogP contribution in [0.3, 0.4) is 0 Å². The first-order valence-corrected chi connectivity index (χ1v) is 12.1. The van der Waals surface area contributed by atoms with E-state index >= 15 is 0 Å². The number of anilines is 2. The number of carbonyl (C=O) groups is 1. The summed E-state index contributed by atoms with van der Waals surface area (Å²) in [5, 5.41) is 0. The molecule has 13 heteroatoms. The quantitative estimate of drug-likeness (QED) is 0.124. The average Bonchev–Trinajstić information content (AvgIpc) is 3.55. The first-order chi connectivity index (χ1) is 19.8. The van der Waals surface area contributed by atoms with Crippen molar-refractivity contribution in [1.82, 2.24) is 9.97 Å². The van der Waals surface area contributed by atoms with Crippen LogP contribution >= 0.6 is 0 Å². The Labute approximate surface area is 231 Å². The van der Waals surface area contributed by atoms with Gasteiger partial charge in [-0.1, -0.05) is 0 Å². The van der Waals surface area contributed by atoms with Crippen molar-refractivity contribution < 1.29 is 40.0 Å². The number of ketones is 1. The third-order valence-electron chi connectivity index (χ3n) is 6.51. The lowest BCUT2D eigenvalue weighted by atomic mass is 10.0. The number of aromatic nitrogens is 2. The number of benzene rings is 4. The molecule has 0 atom stereocenters. The maximum Gasteiger partial charge on any atom is 0.418 e. The van der Waals surface area contributed by atoms with Gasteiger partial charge in [-0.05, 0) is 72.8 Å². The van der Waals surface area contributed by atoms with E-state index in [-0.39, 0.29) is 56.2 Å². The highest BCUT2D eigenvalue weighted by Crippen LogP contribution is 2.38. The van der Waals surface area contributed by atoms with Crippen molar-refractivity contribution in [1.29, 1.82) is 0 Å². The summed E-state index contributed by atoms with van der Waals surface area (Å²) in [7, 11) is 0. The van der Waals surface area contributed by atoms with Crippen LogP contribution in [0.25, 0.3) is 45.1 Å². The molecule has 6 rings (SSSR count). The molecule has 4 N–H and O–H groups in total. The van der Waals surface area contributed by atoms with Gasteiger partial charge in [0.25, 0.3) is 0 Å². The summed E-state index contributed by atoms with van der Waals surface area (Å²) >= 11 is 0. The van der Waals surface area contributed by atoms with Crippen molar-refractivity contribution in [3.8, 4) is 22.9 Å². The highest BCUT2D eigenvalue weighted by Gasteiger charge is 2.34. The molecule has 0 fully saturated rings. The maximum absolute atomic E-state index is 13.3. The maximum atomic E-state index is 13.3. The van der Waals surface area contributed by atoms with Crippen LogP contribution in [0, 0.1) is 0 Å². The van der Waals surface area contributed by atoms with Crippen LogP contribution in [-0.2, 0) is 12.4 Å². The summed E-state index contributed by atoms with van der Waals surface area (Å²) in [4.78, 5) is 21.8. The van der Waals surface area contributed by atoms with Crippen LogP contribution in [0.2, 0.25) is 0 Å². The topological polar surface area (TPSA) is 121 Å². The van der Waals surface area contributed by atoms with E-state index < -0.39 is 40.6 Å². The van der Waals surface area contributed by atoms with Crippen LogP contribution in [0.5, 0.6) is 0 Å². The van der Waals surface area contributed by atoms with Gasteiger partial charge in [-0.15, -0.1) is 0 Å². The number of hydrogen-bond acceptors (Lipinski definition) is 7. The van der Waals surface area contributed by atoms with E-state index in [1.807, 2.05) is 0 Å². The van der Waals surface area contributed by atoms with E-state index in [1.54, 1.807) is 0 Å². The van der Waals surface area contributed by atoms with E-state index in [9.17, 15) is 31.1 Å². The Morgan fingerprint density at radius 2 is 1.00 bits per heavy atom. The number of fused-ring (bicyclic) bond motifs is 2. The largest absolute Gasteiger partial charge is 0.436 e. The summed E-state index contributed by atoms with van der Waals surface area (Å²) in [5.74, 6) is -0.618. The molecule has 4 aromatic carbocycles. The third-order valence-corrected chi connectivity index (χ3v) is 6.51. The van der Waals surface area contributed by atoms with E-state index in [4.69, 9.17) is 20.3 Å². The van der Waals surface area contributed by atoms with Gasteiger partial charge < -0.3 is 20.3 Å². The number of carbonyl (C=O) groups excluding carboxylic acids is 1. The monoisotopic (exact) mass is 582 g/mol.